The van der Waals surface area contributed by atoms with Crippen LogP contribution in [0, 0.1) is 0 Å². The number of rotatable bonds is 2. The van der Waals surface area contributed by atoms with Crippen LogP contribution >= 0.6 is 0 Å². The van der Waals surface area contributed by atoms with E-state index in [-0.39, 0.29) is 29.6 Å². The molecular weight excluding hydrogens is 148 g/mol. The number of carboxylic acids is 1. The van der Waals surface area contributed by atoms with Gasteiger partial charge in [0, 0.05) is 0 Å². The molecule has 0 aromatic heterocycles. The maximum atomic E-state index is 11.2. The minimum atomic E-state index is -4.32. The largest absolute Gasteiger partial charge is 1.00 e. The van der Waals surface area contributed by atoms with E-state index in [0.717, 1.165) is 0 Å². The van der Waals surface area contributed by atoms with Crippen molar-refractivity contribution in [1.29, 1.82) is 0 Å². The van der Waals surface area contributed by atoms with Crippen LogP contribution in [0.5, 0.6) is 0 Å². The van der Waals surface area contributed by atoms with Gasteiger partial charge in [0.2, 0.25) is 0 Å². The molecule has 9 heavy (non-hydrogen) atoms. The van der Waals surface area contributed by atoms with Crippen molar-refractivity contribution in [2.75, 3.05) is 6.67 Å². The van der Waals surface area contributed by atoms with Gasteiger partial charge in [0.1, 0.15) is 5.97 Å². The molecule has 0 amide bonds. The summed E-state index contributed by atoms with van der Waals surface area (Å²) in [6, 6.07) is 0. The topological polar surface area (TPSA) is 40.1 Å². The van der Waals surface area contributed by atoms with Gasteiger partial charge < -0.3 is 9.90 Å². The molecule has 0 bridgehead atoms. The van der Waals surface area contributed by atoms with Crippen LogP contribution in [0.1, 0.15) is 0 Å². The molecular formula is C3H2F3NaO2. The Bertz CT molecular complexity index is 105. The van der Waals surface area contributed by atoms with Gasteiger partial charge in [-0.1, -0.05) is 0 Å². The summed E-state index contributed by atoms with van der Waals surface area (Å²) in [5, 5.41) is 9.15. The normalized spacial score (nSPS) is 10.1. The Labute approximate surface area is 71.3 Å². The summed E-state index contributed by atoms with van der Waals surface area (Å²) in [5.74, 6) is -7.00. The summed E-state index contributed by atoms with van der Waals surface area (Å²) in [6.45, 7) is -2.21. The van der Waals surface area contributed by atoms with Crippen molar-refractivity contribution in [3.05, 3.63) is 0 Å². The monoisotopic (exact) mass is 150 g/mol. The number of halogens is 3. The van der Waals surface area contributed by atoms with Gasteiger partial charge in [-0.15, -0.1) is 0 Å². The predicted octanol–water partition coefficient (Wildman–Crippen LogP) is -3.65. The molecule has 0 fully saturated rings. The van der Waals surface area contributed by atoms with E-state index in [2.05, 4.69) is 0 Å². The first-order chi connectivity index (χ1) is 3.50. The van der Waals surface area contributed by atoms with Crippen LogP contribution in [-0.4, -0.2) is 18.6 Å². The Morgan fingerprint density at radius 3 is 1.89 bits per heavy atom. The number of carbonyl (C=O) groups excluding carboxylic acids is 1. The molecule has 0 unspecified atom stereocenters. The third-order valence-corrected chi connectivity index (χ3v) is 0.466. The summed E-state index contributed by atoms with van der Waals surface area (Å²) >= 11 is 0. The molecule has 0 aliphatic heterocycles. The molecule has 0 aliphatic carbocycles. The molecule has 0 N–H and O–H groups in total. The fourth-order valence-electron chi connectivity index (χ4n) is 0.0546. The molecule has 0 aliphatic rings. The molecule has 0 radical (unpaired) electrons. The van der Waals surface area contributed by atoms with Gasteiger partial charge in [-0.2, -0.15) is 8.78 Å². The minimum Gasteiger partial charge on any atom is -0.544 e. The average Bonchev–Trinajstić information content (AvgIpc) is 1.67. The van der Waals surface area contributed by atoms with E-state index in [1.54, 1.807) is 0 Å². The van der Waals surface area contributed by atoms with E-state index in [1.807, 2.05) is 0 Å². The fraction of sp³-hybridized carbons (Fsp3) is 0.667. The van der Waals surface area contributed by atoms with E-state index in [0.29, 0.717) is 0 Å². The zero-order valence-corrected chi connectivity index (χ0v) is 6.66. The first-order valence-electron chi connectivity index (χ1n) is 1.66. The van der Waals surface area contributed by atoms with Crippen LogP contribution in [0.4, 0.5) is 13.2 Å². The zero-order chi connectivity index (χ0) is 6.78. The Kier molecular flexibility index (Phi) is 5.51. The van der Waals surface area contributed by atoms with Crippen molar-refractivity contribution in [3.63, 3.8) is 0 Å². The molecule has 6 heteroatoms. The molecule has 0 rings (SSSR count). The molecule has 2 nitrogen and oxygen atoms in total. The van der Waals surface area contributed by atoms with E-state index < -0.39 is 18.6 Å². The standard InChI is InChI=1S/C3H3F3O2.Na/c4-1-3(5,6)2(7)8;/h1H2,(H,7,8);/q;+1/p-1. The second kappa shape index (κ2) is 4.14. The van der Waals surface area contributed by atoms with Gasteiger partial charge in [0.05, 0.1) is 0 Å². The molecule has 48 valence electrons. The maximum Gasteiger partial charge on any atom is 1.00 e. The van der Waals surface area contributed by atoms with Crippen molar-refractivity contribution in [1.82, 2.24) is 0 Å². The molecule has 0 saturated heterocycles. The van der Waals surface area contributed by atoms with Gasteiger partial charge in [0.15, 0.2) is 6.67 Å². The van der Waals surface area contributed by atoms with Crippen LogP contribution < -0.4 is 34.7 Å². The third kappa shape index (κ3) is 3.77. The zero-order valence-electron chi connectivity index (χ0n) is 4.66. The smallest absolute Gasteiger partial charge is 0.544 e. The summed E-state index contributed by atoms with van der Waals surface area (Å²) < 4.78 is 33.3. The summed E-state index contributed by atoms with van der Waals surface area (Å²) in [5.41, 5.74) is 0. The van der Waals surface area contributed by atoms with Gasteiger partial charge in [0.25, 0.3) is 0 Å². The van der Waals surface area contributed by atoms with E-state index in [1.165, 1.54) is 0 Å². The van der Waals surface area contributed by atoms with Gasteiger partial charge in [-0.3, -0.25) is 0 Å². The van der Waals surface area contributed by atoms with Crippen molar-refractivity contribution >= 4 is 5.97 Å². The number of carbonyl (C=O) groups is 1. The average molecular weight is 150 g/mol. The molecule has 0 saturated carbocycles. The minimum absolute atomic E-state index is 0. The van der Waals surface area contributed by atoms with Crippen LogP contribution in [0.25, 0.3) is 0 Å². The Morgan fingerprint density at radius 1 is 1.56 bits per heavy atom. The predicted molar refractivity (Wildman–Crippen MR) is 15.9 cm³/mol. The first-order valence-corrected chi connectivity index (χ1v) is 1.66. The quantitative estimate of drug-likeness (QED) is 0.381. The van der Waals surface area contributed by atoms with E-state index >= 15 is 0 Å². The van der Waals surface area contributed by atoms with Crippen molar-refractivity contribution in [3.8, 4) is 0 Å². The second-order valence-electron chi connectivity index (χ2n) is 1.13. The van der Waals surface area contributed by atoms with E-state index in [4.69, 9.17) is 9.90 Å². The van der Waals surface area contributed by atoms with Crippen LogP contribution in [0.3, 0.4) is 0 Å². The van der Waals surface area contributed by atoms with Gasteiger partial charge >= 0.3 is 35.5 Å². The SMILES string of the molecule is O=C([O-])C(F)(F)CF.[Na+]. The van der Waals surface area contributed by atoms with Crippen molar-refractivity contribution in [2.45, 2.75) is 5.92 Å². The van der Waals surface area contributed by atoms with Crippen LogP contribution in [0.15, 0.2) is 0 Å². The first kappa shape index (κ1) is 12.0. The Hall–Kier alpha value is 0.260. The van der Waals surface area contributed by atoms with Crippen LogP contribution in [0.2, 0.25) is 0 Å². The van der Waals surface area contributed by atoms with Crippen LogP contribution in [-0.2, 0) is 4.79 Å². The number of alkyl halides is 3. The number of hydrogen-bond acceptors (Lipinski definition) is 2. The number of carboxylic acid groups (broad SMARTS) is 1. The molecule has 0 atom stereocenters. The summed E-state index contributed by atoms with van der Waals surface area (Å²) in [7, 11) is 0. The number of aliphatic carboxylic acids is 1. The molecule has 0 spiro atoms. The second-order valence-corrected chi connectivity index (χ2v) is 1.13. The van der Waals surface area contributed by atoms with Gasteiger partial charge in [-0.05, 0) is 0 Å². The maximum absolute atomic E-state index is 11.2. The third-order valence-electron chi connectivity index (χ3n) is 0.466. The summed E-state index contributed by atoms with van der Waals surface area (Å²) in [6.07, 6.45) is 0. The van der Waals surface area contributed by atoms with Gasteiger partial charge in [-0.25, -0.2) is 4.39 Å². The van der Waals surface area contributed by atoms with Crippen molar-refractivity contribution in [2.24, 2.45) is 0 Å². The molecule has 0 heterocycles. The Balaban J connectivity index is 0. The number of hydrogen-bond donors (Lipinski definition) is 0. The Morgan fingerprint density at radius 2 is 1.89 bits per heavy atom. The van der Waals surface area contributed by atoms with E-state index in [9.17, 15) is 13.2 Å². The molecule has 0 aromatic carbocycles. The molecule has 0 aromatic rings. The van der Waals surface area contributed by atoms with Crippen molar-refractivity contribution < 1.29 is 52.6 Å². The fourth-order valence-corrected chi connectivity index (χ4v) is 0.0546. The summed E-state index contributed by atoms with van der Waals surface area (Å²) in [4.78, 5) is 9.15.